The maximum atomic E-state index is 13.0. The van der Waals surface area contributed by atoms with E-state index in [1.165, 1.54) is 0 Å². The second kappa shape index (κ2) is 6.87. The molecule has 0 radical (unpaired) electrons. The third kappa shape index (κ3) is 3.34. The van der Waals surface area contributed by atoms with Gasteiger partial charge in [0.2, 0.25) is 5.82 Å². The molecule has 7 nitrogen and oxygen atoms in total. The van der Waals surface area contributed by atoms with Crippen LogP contribution in [-0.2, 0) is 4.74 Å². The summed E-state index contributed by atoms with van der Waals surface area (Å²) >= 11 is 0. The van der Waals surface area contributed by atoms with Gasteiger partial charge in [-0.1, -0.05) is 12.2 Å². The summed E-state index contributed by atoms with van der Waals surface area (Å²) in [5.74, 6) is 1.12. The second-order valence-electron chi connectivity index (χ2n) is 8.26. The van der Waals surface area contributed by atoms with Crippen molar-refractivity contribution in [3.8, 4) is 0 Å². The molecule has 0 unspecified atom stereocenters. The quantitative estimate of drug-likeness (QED) is 0.749. The minimum absolute atomic E-state index is 0.0912. The van der Waals surface area contributed by atoms with Gasteiger partial charge in [0.25, 0.3) is 5.91 Å². The number of carbonyl (C=O) groups excluding carboxylic acids is 1. The fourth-order valence-electron chi connectivity index (χ4n) is 4.18. The molecule has 1 atom stereocenters. The number of rotatable bonds is 3. The van der Waals surface area contributed by atoms with E-state index in [-0.39, 0.29) is 11.5 Å². The van der Waals surface area contributed by atoms with Gasteiger partial charge in [-0.15, -0.1) is 0 Å². The van der Waals surface area contributed by atoms with Gasteiger partial charge < -0.3 is 19.4 Å². The predicted molar refractivity (Wildman–Crippen MR) is 104 cm³/mol. The van der Waals surface area contributed by atoms with E-state index >= 15 is 0 Å². The van der Waals surface area contributed by atoms with E-state index in [0.29, 0.717) is 31.6 Å². The van der Waals surface area contributed by atoms with Crippen molar-refractivity contribution in [1.29, 1.82) is 0 Å². The molecule has 1 amide bonds. The van der Waals surface area contributed by atoms with Crippen molar-refractivity contribution in [3.63, 3.8) is 0 Å². The van der Waals surface area contributed by atoms with Crippen LogP contribution in [-0.4, -0.2) is 84.2 Å². The molecule has 7 heteroatoms. The minimum atomic E-state index is -0.194. The third-order valence-electron chi connectivity index (χ3n) is 6.14. The first-order valence-corrected chi connectivity index (χ1v) is 9.73. The Labute approximate surface area is 161 Å². The van der Waals surface area contributed by atoms with Crippen LogP contribution in [0.15, 0.2) is 12.2 Å². The summed E-state index contributed by atoms with van der Waals surface area (Å²) in [6.07, 6.45) is 6.16. The van der Waals surface area contributed by atoms with Gasteiger partial charge in [0.1, 0.15) is 11.4 Å². The summed E-state index contributed by atoms with van der Waals surface area (Å²) in [4.78, 5) is 28.5. The first kappa shape index (κ1) is 18.4. The molecule has 1 aromatic rings. The van der Waals surface area contributed by atoms with Crippen molar-refractivity contribution >= 4 is 11.7 Å². The number of aromatic nitrogens is 2. The van der Waals surface area contributed by atoms with Crippen LogP contribution in [0.25, 0.3) is 0 Å². The molecule has 27 heavy (non-hydrogen) atoms. The van der Waals surface area contributed by atoms with Gasteiger partial charge >= 0.3 is 0 Å². The van der Waals surface area contributed by atoms with Crippen molar-refractivity contribution in [1.82, 2.24) is 19.8 Å². The number of aryl methyl sites for hydroxylation is 1. The standard InChI is InChI=1S/C20H29N5O2/c1-14-15(2)21-17(22-18(14)24-9-7-16(11-24)23(3)4)19(26)25-12-20(13-25)8-5-6-10-27-20/h5-6,16H,7-13H2,1-4H3/t16-/m1/s1. The number of likely N-dealkylation sites (tertiary alicyclic amines) is 1. The number of likely N-dealkylation sites (N-methyl/N-ethyl adjacent to an activating group) is 1. The third-order valence-corrected chi connectivity index (χ3v) is 6.14. The van der Waals surface area contributed by atoms with E-state index in [1.807, 2.05) is 19.9 Å². The largest absolute Gasteiger partial charge is 0.367 e. The number of hydrogen-bond acceptors (Lipinski definition) is 6. The van der Waals surface area contributed by atoms with Crippen LogP contribution in [0.5, 0.6) is 0 Å². The minimum Gasteiger partial charge on any atom is -0.367 e. The van der Waals surface area contributed by atoms with Crippen molar-refractivity contribution in [2.24, 2.45) is 0 Å². The Morgan fingerprint density at radius 3 is 2.67 bits per heavy atom. The van der Waals surface area contributed by atoms with Crippen LogP contribution in [0.4, 0.5) is 5.82 Å². The van der Waals surface area contributed by atoms with Gasteiger partial charge in [-0.25, -0.2) is 9.97 Å². The monoisotopic (exact) mass is 371 g/mol. The number of hydrogen-bond donors (Lipinski definition) is 0. The fourth-order valence-corrected chi connectivity index (χ4v) is 4.18. The molecular formula is C20H29N5O2. The zero-order valence-electron chi connectivity index (χ0n) is 16.7. The Kier molecular flexibility index (Phi) is 4.68. The van der Waals surface area contributed by atoms with E-state index in [0.717, 1.165) is 43.0 Å². The van der Waals surface area contributed by atoms with Crippen molar-refractivity contribution in [2.45, 2.75) is 38.3 Å². The predicted octanol–water partition coefficient (Wildman–Crippen LogP) is 1.40. The summed E-state index contributed by atoms with van der Waals surface area (Å²) < 4.78 is 5.87. The second-order valence-corrected chi connectivity index (χ2v) is 8.26. The molecule has 0 aromatic carbocycles. The summed E-state index contributed by atoms with van der Waals surface area (Å²) in [5.41, 5.74) is 1.75. The van der Waals surface area contributed by atoms with E-state index in [9.17, 15) is 4.79 Å². The molecule has 3 aliphatic rings. The maximum absolute atomic E-state index is 13.0. The zero-order valence-corrected chi connectivity index (χ0v) is 16.7. The molecule has 0 N–H and O–H groups in total. The van der Waals surface area contributed by atoms with Crippen molar-refractivity contribution in [3.05, 3.63) is 29.2 Å². The Morgan fingerprint density at radius 2 is 2.04 bits per heavy atom. The van der Waals surface area contributed by atoms with Gasteiger partial charge in [-0.05, 0) is 40.8 Å². The molecule has 0 bridgehead atoms. The van der Waals surface area contributed by atoms with Crippen LogP contribution in [0.3, 0.4) is 0 Å². The molecule has 2 saturated heterocycles. The van der Waals surface area contributed by atoms with E-state index < -0.39 is 0 Å². The number of nitrogens with zero attached hydrogens (tertiary/aromatic N) is 5. The molecule has 1 aromatic heterocycles. The molecule has 3 aliphatic heterocycles. The van der Waals surface area contributed by atoms with Crippen LogP contribution in [0, 0.1) is 13.8 Å². The Morgan fingerprint density at radius 1 is 1.26 bits per heavy atom. The molecule has 0 aliphatic carbocycles. The Hall–Kier alpha value is -1.99. The topological polar surface area (TPSA) is 61.8 Å². The normalized spacial score (nSPS) is 24.0. The first-order chi connectivity index (χ1) is 12.9. The Bertz CT molecular complexity index is 770. The van der Waals surface area contributed by atoms with E-state index in [1.54, 1.807) is 4.90 Å². The number of carbonyl (C=O) groups is 1. The van der Waals surface area contributed by atoms with Crippen molar-refractivity contribution < 1.29 is 9.53 Å². The highest BCUT2D eigenvalue weighted by Crippen LogP contribution is 2.33. The zero-order chi connectivity index (χ0) is 19.2. The first-order valence-electron chi connectivity index (χ1n) is 9.73. The lowest BCUT2D eigenvalue weighted by Crippen LogP contribution is -2.65. The summed E-state index contributed by atoms with van der Waals surface area (Å²) in [6, 6.07) is 0.519. The summed E-state index contributed by atoms with van der Waals surface area (Å²) in [7, 11) is 4.23. The highest BCUT2D eigenvalue weighted by atomic mass is 16.5. The Balaban J connectivity index is 1.51. The van der Waals surface area contributed by atoms with E-state index in [2.05, 4.69) is 35.0 Å². The van der Waals surface area contributed by atoms with E-state index in [4.69, 9.17) is 9.72 Å². The van der Waals surface area contributed by atoms with Crippen molar-refractivity contribution in [2.75, 3.05) is 51.8 Å². The SMILES string of the molecule is Cc1nc(C(=O)N2CC3(CC=CCO3)C2)nc(N2CC[C@@H](N(C)C)C2)c1C. The lowest BCUT2D eigenvalue weighted by molar-refractivity contribution is -0.124. The van der Waals surface area contributed by atoms with Gasteiger partial charge in [0, 0.05) is 30.4 Å². The smallest absolute Gasteiger partial charge is 0.291 e. The fraction of sp³-hybridized carbons (Fsp3) is 0.650. The van der Waals surface area contributed by atoms with Crippen LogP contribution < -0.4 is 4.90 Å². The van der Waals surface area contributed by atoms with Crippen LogP contribution in [0.1, 0.15) is 34.7 Å². The van der Waals surface area contributed by atoms with Crippen LogP contribution in [0.2, 0.25) is 0 Å². The molecule has 0 saturated carbocycles. The molecule has 4 rings (SSSR count). The van der Waals surface area contributed by atoms with Gasteiger partial charge in [0.15, 0.2) is 0 Å². The maximum Gasteiger partial charge on any atom is 0.291 e. The highest BCUT2D eigenvalue weighted by Gasteiger charge is 2.47. The number of amides is 1. The molecule has 4 heterocycles. The van der Waals surface area contributed by atoms with Gasteiger partial charge in [-0.2, -0.15) is 0 Å². The molecule has 2 fully saturated rings. The lowest BCUT2D eigenvalue weighted by Gasteiger charge is -2.50. The molecular weight excluding hydrogens is 342 g/mol. The summed E-state index contributed by atoms with van der Waals surface area (Å²) in [6.45, 7) is 7.77. The van der Waals surface area contributed by atoms with Crippen LogP contribution >= 0.6 is 0 Å². The summed E-state index contributed by atoms with van der Waals surface area (Å²) in [5, 5.41) is 0. The molecule has 146 valence electrons. The average molecular weight is 371 g/mol. The lowest BCUT2D eigenvalue weighted by atomic mass is 9.88. The average Bonchev–Trinajstić information content (AvgIpc) is 3.12. The number of anilines is 1. The molecule has 1 spiro atoms. The van der Waals surface area contributed by atoms with Gasteiger partial charge in [-0.3, -0.25) is 4.79 Å². The number of ether oxygens (including phenoxy) is 1. The van der Waals surface area contributed by atoms with Gasteiger partial charge in [0.05, 0.1) is 19.7 Å². The highest BCUT2D eigenvalue weighted by molar-refractivity contribution is 5.92.